The van der Waals surface area contributed by atoms with Crippen molar-refractivity contribution >= 4 is 11.6 Å². The summed E-state index contributed by atoms with van der Waals surface area (Å²) in [4.78, 5) is 16.3. The van der Waals surface area contributed by atoms with Crippen molar-refractivity contribution in [3.05, 3.63) is 48.5 Å². The molecule has 110 valence electrons. The molecule has 0 aliphatic carbocycles. The largest absolute Gasteiger partial charge is 0.333 e. The average Bonchev–Trinajstić information content (AvgIpc) is 3.10. The monoisotopic (exact) mass is 284 g/mol. The first kappa shape index (κ1) is 13.8. The van der Waals surface area contributed by atoms with Crippen molar-refractivity contribution in [2.75, 3.05) is 18.4 Å². The Morgan fingerprint density at radius 1 is 1.48 bits per heavy atom. The maximum atomic E-state index is 12.3. The number of benzene rings is 1. The maximum absolute atomic E-state index is 12.3. The van der Waals surface area contributed by atoms with Gasteiger partial charge in [-0.3, -0.25) is 4.79 Å². The van der Waals surface area contributed by atoms with Crippen LogP contribution in [0.25, 0.3) is 0 Å². The highest BCUT2D eigenvalue weighted by atomic mass is 16.1. The molecule has 1 fully saturated rings. The second kappa shape index (κ2) is 6.10. The van der Waals surface area contributed by atoms with Gasteiger partial charge < -0.3 is 15.2 Å². The lowest BCUT2D eigenvalue weighted by Gasteiger charge is -2.14. The molecule has 1 amide bonds. The van der Waals surface area contributed by atoms with Gasteiger partial charge >= 0.3 is 0 Å². The van der Waals surface area contributed by atoms with Crippen LogP contribution in [0.4, 0.5) is 5.69 Å². The molecule has 2 aromatic rings. The van der Waals surface area contributed by atoms with Gasteiger partial charge in [0.2, 0.25) is 5.91 Å². The van der Waals surface area contributed by atoms with Gasteiger partial charge in [0.15, 0.2) is 0 Å². The first-order chi connectivity index (χ1) is 10.2. The molecule has 0 spiro atoms. The van der Waals surface area contributed by atoms with Crippen molar-refractivity contribution in [1.82, 2.24) is 14.9 Å². The standard InChI is InChI=1S/C16H20N4O/c1-12-8-18-9-15(12)16(21)19-14-4-2-3-13(7-14)10-20-6-5-17-11-20/h2-7,11-12,15,18H,8-10H2,1H3,(H,19,21). The zero-order chi connectivity index (χ0) is 14.7. The third-order valence-corrected chi connectivity index (χ3v) is 3.97. The molecule has 0 bridgehead atoms. The molecule has 1 aromatic heterocycles. The minimum absolute atomic E-state index is 0.0577. The second-order valence-corrected chi connectivity index (χ2v) is 5.67. The van der Waals surface area contributed by atoms with Crippen molar-refractivity contribution < 1.29 is 4.79 Å². The molecular formula is C16H20N4O. The molecule has 2 N–H and O–H groups in total. The fourth-order valence-corrected chi connectivity index (χ4v) is 2.73. The fraction of sp³-hybridized carbons (Fsp3) is 0.375. The lowest BCUT2D eigenvalue weighted by Crippen LogP contribution is -2.27. The number of hydrogen-bond donors (Lipinski definition) is 2. The highest BCUT2D eigenvalue weighted by Gasteiger charge is 2.29. The Kier molecular flexibility index (Phi) is 4.01. The Labute approximate surface area is 124 Å². The lowest BCUT2D eigenvalue weighted by atomic mass is 9.97. The van der Waals surface area contributed by atoms with Crippen LogP contribution in [0.3, 0.4) is 0 Å². The smallest absolute Gasteiger partial charge is 0.229 e. The van der Waals surface area contributed by atoms with Crippen molar-refractivity contribution in [2.24, 2.45) is 11.8 Å². The number of carbonyl (C=O) groups excluding carboxylic acids is 1. The Balaban J connectivity index is 1.67. The molecule has 1 aliphatic rings. The Hall–Kier alpha value is -2.14. The van der Waals surface area contributed by atoms with E-state index in [1.54, 1.807) is 12.5 Å². The highest BCUT2D eigenvalue weighted by molar-refractivity contribution is 5.93. The molecule has 2 atom stereocenters. The van der Waals surface area contributed by atoms with E-state index in [4.69, 9.17) is 0 Å². The van der Waals surface area contributed by atoms with Gasteiger partial charge in [0, 0.05) is 31.2 Å². The molecule has 1 aromatic carbocycles. The maximum Gasteiger partial charge on any atom is 0.229 e. The van der Waals surface area contributed by atoms with Crippen molar-refractivity contribution in [3.63, 3.8) is 0 Å². The van der Waals surface area contributed by atoms with E-state index in [1.165, 1.54) is 0 Å². The van der Waals surface area contributed by atoms with E-state index < -0.39 is 0 Å². The summed E-state index contributed by atoms with van der Waals surface area (Å²) in [7, 11) is 0. The number of imidazole rings is 1. The predicted octanol–water partition coefficient (Wildman–Crippen LogP) is 1.73. The molecule has 3 rings (SSSR count). The number of nitrogens with one attached hydrogen (secondary N) is 2. The lowest BCUT2D eigenvalue weighted by molar-refractivity contribution is -0.120. The van der Waals surface area contributed by atoms with Gasteiger partial charge in [-0.25, -0.2) is 4.98 Å². The van der Waals surface area contributed by atoms with E-state index in [0.29, 0.717) is 5.92 Å². The summed E-state index contributed by atoms with van der Waals surface area (Å²) in [6.07, 6.45) is 5.48. The summed E-state index contributed by atoms with van der Waals surface area (Å²) in [5.41, 5.74) is 2.00. The summed E-state index contributed by atoms with van der Waals surface area (Å²) in [5.74, 6) is 0.550. The van der Waals surface area contributed by atoms with Crippen LogP contribution in [-0.4, -0.2) is 28.5 Å². The van der Waals surface area contributed by atoms with Crippen LogP contribution in [0.5, 0.6) is 0 Å². The number of rotatable bonds is 4. The first-order valence-corrected chi connectivity index (χ1v) is 7.28. The molecule has 2 heterocycles. The van der Waals surface area contributed by atoms with E-state index in [1.807, 2.05) is 29.0 Å². The van der Waals surface area contributed by atoms with Crippen molar-refractivity contribution in [1.29, 1.82) is 0 Å². The van der Waals surface area contributed by atoms with E-state index in [0.717, 1.165) is 30.9 Å². The van der Waals surface area contributed by atoms with E-state index in [-0.39, 0.29) is 11.8 Å². The SMILES string of the molecule is CC1CNCC1C(=O)Nc1cccc(Cn2ccnc2)c1. The number of hydrogen-bond acceptors (Lipinski definition) is 3. The van der Waals surface area contributed by atoms with Crippen molar-refractivity contribution in [3.8, 4) is 0 Å². The van der Waals surface area contributed by atoms with Gasteiger partial charge in [0.1, 0.15) is 0 Å². The van der Waals surface area contributed by atoms with Crippen LogP contribution >= 0.6 is 0 Å². The summed E-state index contributed by atoms with van der Waals surface area (Å²) in [6, 6.07) is 7.97. The van der Waals surface area contributed by atoms with E-state index in [9.17, 15) is 4.79 Å². The average molecular weight is 284 g/mol. The predicted molar refractivity (Wildman–Crippen MR) is 81.9 cm³/mol. The molecule has 5 nitrogen and oxygen atoms in total. The number of carbonyl (C=O) groups is 1. The summed E-state index contributed by atoms with van der Waals surface area (Å²) < 4.78 is 2.00. The molecule has 5 heteroatoms. The Morgan fingerprint density at radius 2 is 2.38 bits per heavy atom. The molecule has 1 saturated heterocycles. The minimum atomic E-state index is 0.0577. The van der Waals surface area contributed by atoms with Crippen LogP contribution in [0, 0.1) is 11.8 Å². The zero-order valence-electron chi connectivity index (χ0n) is 12.1. The van der Waals surface area contributed by atoms with Gasteiger partial charge in [0.25, 0.3) is 0 Å². The Bertz CT molecular complexity index is 608. The summed E-state index contributed by atoms with van der Waals surface area (Å²) >= 11 is 0. The topological polar surface area (TPSA) is 59.0 Å². The van der Waals surface area contributed by atoms with Crippen LogP contribution in [-0.2, 0) is 11.3 Å². The number of nitrogens with zero attached hydrogens (tertiary/aromatic N) is 2. The van der Waals surface area contributed by atoms with E-state index in [2.05, 4.69) is 28.6 Å². The highest BCUT2D eigenvalue weighted by Crippen LogP contribution is 2.19. The Morgan fingerprint density at radius 3 is 3.10 bits per heavy atom. The van der Waals surface area contributed by atoms with E-state index >= 15 is 0 Å². The van der Waals surface area contributed by atoms with Gasteiger partial charge in [0.05, 0.1) is 12.2 Å². The third-order valence-electron chi connectivity index (χ3n) is 3.97. The number of amides is 1. The normalized spacial score (nSPS) is 21.4. The summed E-state index contributed by atoms with van der Waals surface area (Å²) in [6.45, 7) is 4.55. The third kappa shape index (κ3) is 3.31. The van der Waals surface area contributed by atoms with Gasteiger partial charge in [-0.05, 0) is 30.2 Å². The fourth-order valence-electron chi connectivity index (χ4n) is 2.73. The van der Waals surface area contributed by atoms with Gasteiger partial charge in [-0.2, -0.15) is 0 Å². The minimum Gasteiger partial charge on any atom is -0.333 e. The molecule has 0 saturated carbocycles. The van der Waals surface area contributed by atoms with Gasteiger partial charge in [-0.15, -0.1) is 0 Å². The molecule has 1 aliphatic heterocycles. The van der Waals surface area contributed by atoms with Gasteiger partial charge in [-0.1, -0.05) is 19.1 Å². The number of anilines is 1. The van der Waals surface area contributed by atoms with Crippen LogP contribution < -0.4 is 10.6 Å². The van der Waals surface area contributed by atoms with Crippen molar-refractivity contribution in [2.45, 2.75) is 13.5 Å². The molecule has 0 radical (unpaired) electrons. The zero-order valence-corrected chi connectivity index (χ0v) is 12.1. The summed E-state index contributed by atoms with van der Waals surface area (Å²) in [5, 5.41) is 6.29. The van der Waals surface area contributed by atoms with Crippen LogP contribution in [0.2, 0.25) is 0 Å². The molecule has 21 heavy (non-hydrogen) atoms. The van der Waals surface area contributed by atoms with Crippen LogP contribution in [0.1, 0.15) is 12.5 Å². The molecular weight excluding hydrogens is 264 g/mol. The quantitative estimate of drug-likeness (QED) is 0.899. The number of aromatic nitrogens is 2. The molecule has 2 unspecified atom stereocenters. The second-order valence-electron chi connectivity index (χ2n) is 5.67. The van der Waals surface area contributed by atoms with Crippen LogP contribution in [0.15, 0.2) is 43.0 Å². The first-order valence-electron chi connectivity index (χ1n) is 7.28.